The molecule has 0 aliphatic carbocycles. The lowest BCUT2D eigenvalue weighted by molar-refractivity contribution is -0.274. The molecule has 36 heavy (non-hydrogen) atoms. The van der Waals surface area contributed by atoms with Crippen LogP contribution in [0.3, 0.4) is 0 Å². The molecule has 0 saturated carbocycles. The van der Waals surface area contributed by atoms with Gasteiger partial charge >= 0.3 is 12.3 Å². The summed E-state index contributed by atoms with van der Waals surface area (Å²) in [5.74, 6) is -3.44. The van der Waals surface area contributed by atoms with Crippen molar-refractivity contribution in [2.75, 3.05) is 11.4 Å². The van der Waals surface area contributed by atoms with E-state index in [1.54, 1.807) is 18.2 Å². The van der Waals surface area contributed by atoms with E-state index in [0.717, 1.165) is 17.7 Å². The summed E-state index contributed by atoms with van der Waals surface area (Å²) in [7, 11) is 0. The molecule has 3 aromatic rings. The van der Waals surface area contributed by atoms with Crippen LogP contribution in [0.5, 0.6) is 5.75 Å². The maximum Gasteiger partial charge on any atom is 0.573 e. The molecule has 0 bridgehead atoms. The van der Waals surface area contributed by atoms with Gasteiger partial charge in [0.1, 0.15) is 11.8 Å². The standard InChI is InChI=1S/C22H18F3N5O6/c23-22(24,25)35-14-7-12(18(27)32)6-13(8-14)20-28-19(29-36-20)11-1-2-16-10(5-11)3-4-30(16)17(31)9-15(26)21(33)34/h1-2,5-8,15H,3-4,9,26H2,(H2,27,32)(H,33,34)/t15-/m0/s1. The Morgan fingerprint density at radius 3 is 2.58 bits per heavy atom. The second kappa shape index (κ2) is 9.30. The van der Waals surface area contributed by atoms with Gasteiger partial charge in [0.05, 0.1) is 6.42 Å². The molecule has 5 N–H and O–H groups in total. The van der Waals surface area contributed by atoms with Crippen molar-refractivity contribution in [1.82, 2.24) is 10.1 Å². The van der Waals surface area contributed by atoms with Gasteiger partial charge in [-0.2, -0.15) is 4.98 Å². The van der Waals surface area contributed by atoms with Crippen molar-refractivity contribution in [1.29, 1.82) is 0 Å². The molecule has 0 spiro atoms. The molecule has 2 amide bonds. The number of carbonyl (C=O) groups is 3. The van der Waals surface area contributed by atoms with Crippen molar-refractivity contribution >= 4 is 23.5 Å². The minimum absolute atomic E-state index is 0.0167. The molecule has 11 nitrogen and oxygen atoms in total. The van der Waals surface area contributed by atoms with Crippen LogP contribution in [-0.2, 0) is 16.0 Å². The molecule has 4 rings (SSSR count). The summed E-state index contributed by atoms with van der Waals surface area (Å²) < 4.78 is 47.1. The van der Waals surface area contributed by atoms with E-state index in [4.69, 9.17) is 21.1 Å². The summed E-state index contributed by atoms with van der Waals surface area (Å²) in [5.41, 5.74) is 12.3. The number of benzene rings is 2. The second-order valence-electron chi connectivity index (χ2n) is 7.87. The number of carboxylic acid groups (broad SMARTS) is 1. The zero-order chi connectivity index (χ0) is 26.2. The van der Waals surface area contributed by atoms with E-state index >= 15 is 0 Å². The number of primary amides is 1. The van der Waals surface area contributed by atoms with E-state index in [-0.39, 0.29) is 29.3 Å². The number of anilines is 1. The number of hydrogen-bond acceptors (Lipinski definition) is 8. The molecule has 1 aliphatic rings. The molecule has 1 aliphatic heterocycles. The minimum atomic E-state index is -4.99. The molecule has 0 unspecified atom stereocenters. The molecular formula is C22H18F3N5O6. The average molecular weight is 505 g/mol. The Hall–Kier alpha value is -4.46. The Kier molecular flexibility index (Phi) is 6.37. The van der Waals surface area contributed by atoms with Crippen LogP contribution < -0.4 is 21.1 Å². The Balaban J connectivity index is 1.59. The van der Waals surface area contributed by atoms with Crippen molar-refractivity contribution in [3.63, 3.8) is 0 Å². The number of halogens is 3. The van der Waals surface area contributed by atoms with E-state index in [1.165, 1.54) is 11.0 Å². The third kappa shape index (κ3) is 5.27. The number of aliphatic carboxylic acids is 1. The van der Waals surface area contributed by atoms with Gasteiger partial charge in [0, 0.05) is 28.9 Å². The fraction of sp³-hybridized carbons (Fsp3) is 0.227. The van der Waals surface area contributed by atoms with Gasteiger partial charge in [-0.1, -0.05) is 5.16 Å². The summed E-state index contributed by atoms with van der Waals surface area (Å²) in [6.45, 7) is 0.337. The molecule has 0 radical (unpaired) electrons. The van der Waals surface area contributed by atoms with Crippen LogP contribution in [-0.4, -0.2) is 52.0 Å². The Bertz CT molecular complexity index is 1360. The third-order valence-electron chi connectivity index (χ3n) is 5.34. The third-order valence-corrected chi connectivity index (χ3v) is 5.34. The SMILES string of the molecule is NC(=O)c1cc(OC(F)(F)F)cc(-c2nc(-c3ccc4c(c3)CCN4C(=O)C[C@H](N)C(=O)O)no2)c1. The zero-order valence-corrected chi connectivity index (χ0v) is 18.3. The number of carbonyl (C=O) groups excluding carboxylic acids is 2. The molecule has 14 heteroatoms. The van der Waals surface area contributed by atoms with Crippen LogP contribution in [0.4, 0.5) is 18.9 Å². The van der Waals surface area contributed by atoms with Crippen molar-refractivity contribution in [3.05, 3.63) is 47.5 Å². The van der Waals surface area contributed by atoms with E-state index in [9.17, 15) is 27.6 Å². The van der Waals surface area contributed by atoms with Gasteiger partial charge in [-0.3, -0.25) is 14.4 Å². The van der Waals surface area contributed by atoms with Gasteiger partial charge in [0.2, 0.25) is 17.6 Å². The highest BCUT2D eigenvalue weighted by Crippen LogP contribution is 2.34. The first-order valence-corrected chi connectivity index (χ1v) is 10.4. The minimum Gasteiger partial charge on any atom is -0.480 e. The number of amides is 2. The number of nitrogens with two attached hydrogens (primary N) is 2. The zero-order valence-electron chi connectivity index (χ0n) is 18.3. The predicted octanol–water partition coefficient (Wildman–Crippen LogP) is 2.09. The quantitative estimate of drug-likeness (QED) is 0.434. The Labute approximate surface area is 200 Å². The van der Waals surface area contributed by atoms with E-state index in [2.05, 4.69) is 14.9 Å². The van der Waals surface area contributed by atoms with Crippen LogP contribution in [0.15, 0.2) is 40.9 Å². The topological polar surface area (TPSA) is 175 Å². The average Bonchev–Trinajstić information content (AvgIpc) is 3.44. The molecule has 2 aromatic carbocycles. The number of aromatic nitrogens is 2. The molecule has 0 saturated heterocycles. The van der Waals surface area contributed by atoms with Crippen LogP contribution in [0, 0.1) is 0 Å². The summed E-state index contributed by atoms with van der Waals surface area (Å²) >= 11 is 0. The molecular weight excluding hydrogens is 487 g/mol. The number of alkyl halides is 3. The number of rotatable bonds is 7. The largest absolute Gasteiger partial charge is 0.573 e. The van der Waals surface area contributed by atoms with Crippen LogP contribution in [0.2, 0.25) is 0 Å². The molecule has 1 atom stereocenters. The number of ether oxygens (including phenoxy) is 1. The molecule has 1 aromatic heterocycles. The smallest absolute Gasteiger partial charge is 0.480 e. The van der Waals surface area contributed by atoms with Gasteiger partial charge < -0.3 is 30.7 Å². The predicted molar refractivity (Wildman–Crippen MR) is 117 cm³/mol. The second-order valence-corrected chi connectivity index (χ2v) is 7.87. The lowest BCUT2D eigenvalue weighted by Crippen LogP contribution is -2.38. The van der Waals surface area contributed by atoms with Crippen LogP contribution >= 0.6 is 0 Å². The summed E-state index contributed by atoms with van der Waals surface area (Å²) in [5, 5.41) is 12.8. The van der Waals surface area contributed by atoms with Crippen LogP contribution in [0.25, 0.3) is 22.8 Å². The van der Waals surface area contributed by atoms with Crippen LogP contribution in [0.1, 0.15) is 22.3 Å². The lowest BCUT2D eigenvalue weighted by atomic mass is 10.1. The molecule has 188 valence electrons. The highest BCUT2D eigenvalue weighted by molar-refractivity contribution is 5.98. The lowest BCUT2D eigenvalue weighted by Gasteiger charge is -2.18. The van der Waals surface area contributed by atoms with E-state index in [0.29, 0.717) is 24.2 Å². The van der Waals surface area contributed by atoms with Gasteiger partial charge in [0.15, 0.2) is 0 Å². The van der Waals surface area contributed by atoms with E-state index < -0.39 is 35.9 Å². The normalized spacial score (nSPS) is 13.8. The highest BCUT2D eigenvalue weighted by Gasteiger charge is 2.32. The fourth-order valence-corrected chi connectivity index (χ4v) is 3.70. The number of fused-ring (bicyclic) bond motifs is 1. The van der Waals surface area contributed by atoms with Crippen molar-refractivity contribution in [3.8, 4) is 28.6 Å². The highest BCUT2D eigenvalue weighted by atomic mass is 19.4. The first-order chi connectivity index (χ1) is 16.9. The fourth-order valence-electron chi connectivity index (χ4n) is 3.70. The van der Waals surface area contributed by atoms with Gasteiger partial charge in [-0.15, -0.1) is 13.2 Å². The summed E-state index contributed by atoms with van der Waals surface area (Å²) in [6.07, 6.45) is -4.86. The number of nitrogens with zero attached hydrogens (tertiary/aromatic N) is 3. The monoisotopic (exact) mass is 505 g/mol. The first kappa shape index (κ1) is 24.7. The Morgan fingerprint density at radius 1 is 1.17 bits per heavy atom. The van der Waals surface area contributed by atoms with Gasteiger partial charge in [-0.25, -0.2) is 0 Å². The maximum atomic E-state index is 12.7. The van der Waals surface area contributed by atoms with Gasteiger partial charge in [-0.05, 0) is 48.4 Å². The summed E-state index contributed by atoms with van der Waals surface area (Å²) in [4.78, 5) is 40.6. The summed E-state index contributed by atoms with van der Waals surface area (Å²) in [6, 6.07) is 6.66. The maximum absolute atomic E-state index is 12.7. The van der Waals surface area contributed by atoms with Crippen molar-refractivity contribution < 1.29 is 41.9 Å². The van der Waals surface area contributed by atoms with Gasteiger partial charge in [0.25, 0.3) is 5.89 Å². The van der Waals surface area contributed by atoms with E-state index in [1.807, 2.05) is 0 Å². The van der Waals surface area contributed by atoms with Crippen molar-refractivity contribution in [2.45, 2.75) is 25.2 Å². The number of carboxylic acids is 1. The Morgan fingerprint density at radius 2 is 1.92 bits per heavy atom. The molecule has 2 heterocycles. The molecule has 0 fully saturated rings. The number of hydrogen-bond donors (Lipinski definition) is 3. The first-order valence-electron chi connectivity index (χ1n) is 10.4. The van der Waals surface area contributed by atoms with Crippen molar-refractivity contribution in [2.24, 2.45) is 11.5 Å².